The Labute approximate surface area is 167 Å². The molecule has 6 nitrogen and oxygen atoms in total. The van der Waals surface area contributed by atoms with Crippen LogP contribution < -0.4 is 0 Å². The lowest BCUT2D eigenvalue weighted by atomic mass is 9.81. The summed E-state index contributed by atoms with van der Waals surface area (Å²) in [6.07, 6.45) is 6.91. The maximum atomic E-state index is 10.5. The van der Waals surface area contributed by atoms with Gasteiger partial charge in [0, 0.05) is 52.0 Å². The molecule has 0 unspecified atom stereocenters. The SMILES string of the molecule is COCCn1ccnc1CN1CCC2(CC1)C[C@@H](O)C[C@H](c1ccccc1)O2. The molecule has 28 heavy (non-hydrogen) atoms. The van der Waals surface area contributed by atoms with Gasteiger partial charge >= 0.3 is 0 Å². The lowest BCUT2D eigenvalue weighted by Crippen LogP contribution is -2.51. The molecule has 1 N–H and O–H groups in total. The van der Waals surface area contributed by atoms with Crippen molar-refractivity contribution in [3.63, 3.8) is 0 Å². The monoisotopic (exact) mass is 385 g/mol. The van der Waals surface area contributed by atoms with E-state index in [0.717, 1.165) is 51.3 Å². The van der Waals surface area contributed by atoms with Gasteiger partial charge in [-0.05, 0) is 18.4 Å². The molecule has 2 aliphatic heterocycles. The number of hydrogen-bond acceptors (Lipinski definition) is 5. The third-order valence-corrected chi connectivity index (χ3v) is 6.13. The van der Waals surface area contributed by atoms with E-state index in [9.17, 15) is 5.11 Å². The van der Waals surface area contributed by atoms with Gasteiger partial charge in [-0.15, -0.1) is 0 Å². The minimum Gasteiger partial charge on any atom is -0.393 e. The fourth-order valence-corrected chi connectivity index (χ4v) is 4.56. The fraction of sp³-hybridized carbons (Fsp3) is 0.591. The van der Waals surface area contributed by atoms with Crippen molar-refractivity contribution in [2.75, 3.05) is 26.8 Å². The van der Waals surface area contributed by atoms with Gasteiger partial charge in [0.15, 0.2) is 0 Å². The highest BCUT2D eigenvalue weighted by atomic mass is 16.5. The van der Waals surface area contributed by atoms with Crippen LogP contribution in [0.3, 0.4) is 0 Å². The van der Waals surface area contributed by atoms with Crippen molar-refractivity contribution < 1.29 is 14.6 Å². The van der Waals surface area contributed by atoms with Crippen molar-refractivity contribution >= 4 is 0 Å². The number of aliphatic hydroxyl groups is 1. The number of aromatic nitrogens is 2. The Morgan fingerprint density at radius 2 is 2.04 bits per heavy atom. The van der Waals surface area contributed by atoms with E-state index in [1.54, 1.807) is 7.11 Å². The van der Waals surface area contributed by atoms with E-state index in [0.29, 0.717) is 13.0 Å². The Morgan fingerprint density at radius 1 is 1.25 bits per heavy atom. The van der Waals surface area contributed by atoms with Crippen molar-refractivity contribution in [3.05, 3.63) is 54.1 Å². The molecule has 0 aliphatic carbocycles. The predicted octanol–water partition coefficient (Wildman–Crippen LogP) is 2.78. The van der Waals surface area contributed by atoms with Crippen LogP contribution in [0.4, 0.5) is 0 Å². The number of methoxy groups -OCH3 is 1. The van der Waals surface area contributed by atoms with Crippen molar-refractivity contribution in [2.24, 2.45) is 0 Å². The summed E-state index contributed by atoms with van der Waals surface area (Å²) in [5, 5.41) is 10.5. The van der Waals surface area contributed by atoms with Gasteiger partial charge in [-0.25, -0.2) is 4.98 Å². The van der Waals surface area contributed by atoms with Crippen molar-refractivity contribution in [1.29, 1.82) is 0 Å². The third kappa shape index (κ3) is 4.46. The normalized spacial score (nSPS) is 25.2. The standard InChI is InChI=1S/C22H31N3O3/c1-27-14-13-25-12-9-23-21(25)17-24-10-7-22(8-11-24)16-19(26)15-20(28-22)18-5-3-2-4-6-18/h2-6,9,12,19-20,26H,7-8,10-11,13-17H2,1H3/t19-,20+/m0/s1. The molecule has 152 valence electrons. The van der Waals surface area contributed by atoms with E-state index < -0.39 is 0 Å². The van der Waals surface area contributed by atoms with Crippen LogP contribution in [0.15, 0.2) is 42.7 Å². The zero-order chi connectivity index (χ0) is 19.4. The minimum atomic E-state index is -0.293. The Morgan fingerprint density at radius 3 is 2.79 bits per heavy atom. The van der Waals surface area contributed by atoms with Crippen LogP contribution in [-0.2, 0) is 22.6 Å². The van der Waals surface area contributed by atoms with Gasteiger partial charge in [0.05, 0.1) is 31.0 Å². The minimum absolute atomic E-state index is 0.00978. The average molecular weight is 386 g/mol. The first-order valence-corrected chi connectivity index (χ1v) is 10.3. The number of rotatable bonds is 6. The molecule has 2 aromatic rings. The first kappa shape index (κ1) is 19.6. The molecule has 1 aromatic carbocycles. The summed E-state index contributed by atoms with van der Waals surface area (Å²) < 4.78 is 14.0. The molecule has 2 aliphatic rings. The molecule has 2 atom stereocenters. The summed E-state index contributed by atoms with van der Waals surface area (Å²) >= 11 is 0. The lowest BCUT2D eigenvalue weighted by molar-refractivity contribution is -0.184. The Kier molecular flexibility index (Phi) is 6.11. The van der Waals surface area contributed by atoms with E-state index >= 15 is 0 Å². The molecule has 0 bridgehead atoms. The molecule has 6 heteroatoms. The van der Waals surface area contributed by atoms with Gasteiger partial charge in [0.2, 0.25) is 0 Å². The topological polar surface area (TPSA) is 59.8 Å². The second kappa shape index (κ2) is 8.74. The third-order valence-electron chi connectivity index (χ3n) is 6.13. The molecule has 2 saturated heterocycles. The van der Waals surface area contributed by atoms with Gasteiger partial charge in [-0.2, -0.15) is 0 Å². The molecule has 3 heterocycles. The predicted molar refractivity (Wildman–Crippen MR) is 107 cm³/mol. The van der Waals surface area contributed by atoms with Gasteiger partial charge < -0.3 is 19.1 Å². The van der Waals surface area contributed by atoms with Gasteiger partial charge in [-0.1, -0.05) is 30.3 Å². The van der Waals surface area contributed by atoms with Crippen LogP contribution in [-0.4, -0.2) is 58.1 Å². The second-order valence-electron chi connectivity index (χ2n) is 8.10. The molecule has 0 amide bonds. The number of hydrogen-bond donors (Lipinski definition) is 1. The smallest absolute Gasteiger partial charge is 0.122 e. The molecule has 1 aromatic heterocycles. The number of likely N-dealkylation sites (tertiary alicyclic amines) is 1. The molecular weight excluding hydrogens is 354 g/mol. The molecule has 0 saturated carbocycles. The first-order valence-electron chi connectivity index (χ1n) is 10.3. The summed E-state index contributed by atoms with van der Waals surface area (Å²) in [5.41, 5.74) is 0.961. The summed E-state index contributed by atoms with van der Waals surface area (Å²) in [6.45, 7) is 4.30. The van der Waals surface area contributed by atoms with E-state index in [2.05, 4.69) is 26.6 Å². The van der Waals surface area contributed by atoms with E-state index in [4.69, 9.17) is 9.47 Å². The Hall–Kier alpha value is -1.73. The van der Waals surface area contributed by atoms with Gasteiger partial charge in [-0.3, -0.25) is 4.90 Å². The summed E-state index contributed by atoms with van der Waals surface area (Å²) in [4.78, 5) is 6.97. The lowest BCUT2D eigenvalue weighted by Gasteiger charge is -2.48. The largest absolute Gasteiger partial charge is 0.393 e. The quantitative estimate of drug-likeness (QED) is 0.829. The van der Waals surface area contributed by atoms with E-state index in [-0.39, 0.29) is 17.8 Å². The number of ether oxygens (including phenoxy) is 2. The second-order valence-corrected chi connectivity index (χ2v) is 8.10. The van der Waals surface area contributed by atoms with Crippen molar-refractivity contribution in [3.8, 4) is 0 Å². The van der Waals surface area contributed by atoms with Crippen LogP contribution in [0.2, 0.25) is 0 Å². The number of nitrogens with zero attached hydrogens (tertiary/aromatic N) is 3. The van der Waals surface area contributed by atoms with Crippen molar-refractivity contribution in [2.45, 2.75) is 56.6 Å². The summed E-state index contributed by atoms with van der Waals surface area (Å²) in [6, 6.07) is 10.3. The number of aliphatic hydroxyl groups excluding tert-OH is 1. The maximum Gasteiger partial charge on any atom is 0.122 e. The Balaban J connectivity index is 1.37. The fourth-order valence-electron chi connectivity index (χ4n) is 4.56. The number of benzene rings is 1. The molecule has 4 rings (SSSR count). The van der Waals surface area contributed by atoms with Crippen LogP contribution in [0.1, 0.15) is 43.2 Å². The Bertz CT molecular complexity index is 740. The van der Waals surface area contributed by atoms with Crippen molar-refractivity contribution in [1.82, 2.24) is 14.5 Å². The zero-order valence-electron chi connectivity index (χ0n) is 16.7. The maximum absolute atomic E-state index is 10.5. The van der Waals surface area contributed by atoms with E-state index in [1.165, 1.54) is 5.56 Å². The molecule has 1 spiro atoms. The molecule has 2 fully saturated rings. The average Bonchev–Trinajstić information content (AvgIpc) is 3.15. The summed E-state index contributed by atoms with van der Waals surface area (Å²) in [5.74, 6) is 1.08. The molecular formula is C22H31N3O3. The zero-order valence-corrected chi connectivity index (χ0v) is 16.7. The van der Waals surface area contributed by atoms with Crippen LogP contribution in [0.5, 0.6) is 0 Å². The highest BCUT2D eigenvalue weighted by Crippen LogP contribution is 2.43. The van der Waals surface area contributed by atoms with Crippen LogP contribution >= 0.6 is 0 Å². The first-order chi connectivity index (χ1) is 13.7. The highest BCUT2D eigenvalue weighted by Gasteiger charge is 2.43. The van der Waals surface area contributed by atoms with Crippen LogP contribution in [0, 0.1) is 0 Å². The van der Waals surface area contributed by atoms with Gasteiger partial charge in [0.1, 0.15) is 5.82 Å². The van der Waals surface area contributed by atoms with Crippen LogP contribution in [0.25, 0.3) is 0 Å². The number of piperidine rings is 1. The highest BCUT2D eigenvalue weighted by molar-refractivity contribution is 5.19. The molecule has 0 radical (unpaired) electrons. The van der Waals surface area contributed by atoms with E-state index in [1.807, 2.05) is 30.6 Å². The number of imidazole rings is 1. The summed E-state index contributed by atoms with van der Waals surface area (Å²) in [7, 11) is 1.72. The van der Waals surface area contributed by atoms with Gasteiger partial charge in [0.25, 0.3) is 0 Å².